The number of rotatable bonds is 0. The molecule has 6 heteroatoms. The van der Waals surface area contributed by atoms with Crippen LogP contribution in [-0.4, -0.2) is 20.8 Å². The van der Waals surface area contributed by atoms with E-state index in [2.05, 4.69) is 5.50 Å². The summed E-state index contributed by atoms with van der Waals surface area (Å²) < 4.78 is 9.10. The monoisotopic (exact) mass is 125 g/mol. The molecule has 6 heavy (non-hydrogen) atoms. The van der Waals surface area contributed by atoms with Crippen LogP contribution in [0.4, 0.5) is 0 Å². The Morgan fingerprint density at radius 3 is 1.50 bits per heavy atom. The summed E-state index contributed by atoms with van der Waals surface area (Å²) >= 11 is 0. The van der Waals surface area contributed by atoms with Crippen LogP contribution in [0.2, 0.25) is 0 Å². The molecule has 4 radical (unpaired) electrons. The van der Waals surface area contributed by atoms with E-state index in [0.717, 1.165) is 0 Å². The molecule has 0 spiro atoms. The summed E-state index contributed by atoms with van der Waals surface area (Å²) in [6.45, 7) is 0. The van der Waals surface area contributed by atoms with Gasteiger partial charge in [0.1, 0.15) is 0 Å². The van der Waals surface area contributed by atoms with E-state index in [-0.39, 0.29) is 11.0 Å². The quantitative estimate of drug-likeness (QED) is 0.276. The van der Waals surface area contributed by atoms with E-state index in [4.69, 9.17) is 14.4 Å². The Labute approximate surface area is 39.6 Å². The molecule has 0 aromatic rings. The van der Waals surface area contributed by atoms with Crippen molar-refractivity contribution < 1.29 is 14.4 Å². The average Bonchev–Trinajstić information content (AvgIpc) is 0.722. The molecule has 36 valence electrons. The molecule has 0 rings (SSSR count). The van der Waals surface area contributed by atoms with Crippen molar-refractivity contribution in [3.8, 4) is 0 Å². The van der Waals surface area contributed by atoms with Gasteiger partial charge in [-0.3, -0.25) is 0 Å². The molecular formula is H4NO3PSi. The van der Waals surface area contributed by atoms with Crippen LogP contribution < -0.4 is 5.50 Å². The molecule has 4 N–H and O–H groups in total. The molecule has 0 bridgehead atoms. The first-order chi connectivity index (χ1) is 2.00. The predicted molar refractivity (Wildman–Crippen MR) is 22.0 cm³/mol. The highest BCUT2D eigenvalue weighted by Gasteiger charge is 1.96. The van der Waals surface area contributed by atoms with E-state index >= 15 is 0 Å². The van der Waals surface area contributed by atoms with Gasteiger partial charge in [-0.1, -0.05) is 0 Å². The highest BCUT2D eigenvalue weighted by atomic mass is 31.2. The second kappa shape index (κ2) is 2.49. The highest BCUT2D eigenvalue weighted by Crippen LogP contribution is 2.20. The maximum Gasteiger partial charge on any atom is 0.397 e. The smallest absolute Gasteiger partial charge is 0.313 e. The van der Waals surface area contributed by atoms with E-state index < -0.39 is 7.75 Å². The lowest BCUT2D eigenvalue weighted by atomic mass is 13.9. The SMILES string of the molecule is NP(=O)(O)O.[Si]. The van der Waals surface area contributed by atoms with Crippen molar-refractivity contribution >= 4 is 18.7 Å². The van der Waals surface area contributed by atoms with E-state index in [9.17, 15) is 0 Å². The van der Waals surface area contributed by atoms with Crippen LogP contribution in [0.1, 0.15) is 0 Å². The Kier molecular flexibility index (Phi) is 3.98. The van der Waals surface area contributed by atoms with Crippen LogP contribution in [0.3, 0.4) is 0 Å². The standard InChI is InChI=1S/H4NO3P.Si/c1-5(2,3)4;/h(H4,1,2,3,4);. The van der Waals surface area contributed by atoms with Gasteiger partial charge in [0.2, 0.25) is 0 Å². The fraction of sp³-hybridized carbons (Fsp3) is 0. The van der Waals surface area contributed by atoms with E-state index in [1.54, 1.807) is 0 Å². The summed E-state index contributed by atoms with van der Waals surface area (Å²) in [6.07, 6.45) is 0. The van der Waals surface area contributed by atoms with Crippen LogP contribution in [0.25, 0.3) is 0 Å². The van der Waals surface area contributed by atoms with Crippen LogP contribution in [0, 0.1) is 0 Å². The molecule has 0 aliphatic heterocycles. The maximum atomic E-state index is 9.10. The molecule has 0 aromatic carbocycles. The van der Waals surface area contributed by atoms with E-state index in [0.29, 0.717) is 0 Å². The first kappa shape index (κ1) is 9.59. The number of nitrogens with two attached hydrogens (primary N) is 1. The molecule has 0 atom stereocenters. The van der Waals surface area contributed by atoms with Crippen molar-refractivity contribution in [3.05, 3.63) is 0 Å². The minimum atomic E-state index is -4.14. The lowest BCUT2D eigenvalue weighted by molar-refractivity contribution is 0.374. The normalized spacial score (nSPS) is 9.83. The lowest BCUT2D eigenvalue weighted by Gasteiger charge is -1.84. The second-order valence-corrected chi connectivity index (χ2v) is 1.77. The molecule has 0 saturated carbocycles. The van der Waals surface area contributed by atoms with Gasteiger partial charge in [0.25, 0.3) is 0 Å². The van der Waals surface area contributed by atoms with Crippen LogP contribution in [0.5, 0.6) is 0 Å². The van der Waals surface area contributed by atoms with Crippen LogP contribution >= 0.6 is 7.75 Å². The summed E-state index contributed by atoms with van der Waals surface area (Å²) in [6, 6.07) is 0. The zero-order valence-electron chi connectivity index (χ0n) is 2.83. The molecule has 0 aromatic heterocycles. The topological polar surface area (TPSA) is 83.6 Å². The molecule has 0 saturated heterocycles. The average molecular weight is 125 g/mol. The van der Waals surface area contributed by atoms with Gasteiger partial charge in [0.05, 0.1) is 0 Å². The minimum absolute atomic E-state index is 0. The van der Waals surface area contributed by atoms with Crippen molar-refractivity contribution in [1.29, 1.82) is 0 Å². The van der Waals surface area contributed by atoms with Crippen molar-refractivity contribution in [3.63, 3.8) is 0 Å². The molecule has 0 aliphatic rings. The van der Waals surface area contributed by atoms with E-state index in [1.165, 1.54) is 0 Å². The van der Waals surface area contributed by atoms with Gasteiger partial charge >= 0.3 is 7.75 Å². The summed E-state index contributed by atoms with van der Waals surface area (Å²) in [4.78, 5) is 14.8. The van der Waals surface area contributed by atoms with Crippen molar-refractivity contribution in [2.45, 2.75) is 0 Å². The Balaban J connectivity index is 0. The van der Waals surface area contributed by atoms with Gasteiger partial charge in [-0.2, -0.15) is 0 Å². The first-order valence-electron chi connectivity index (χ1n) is 0.841. The predicted octanol–water partition coefficient (Wildman–Crippen LogP) is -1.34. The van der Waals surface area contributed by atoms with Gasteiger partial charge < -0.3 is 9.79 Å². The number of hydrogen-bond donors (Lipinski definition) is 3. The summed E-state index contributed by atoms with van der Waals surface area (Å²) in [5.41, 5.74) is 4.02. The van der Waals surface area contributed by atoms with Gasteiger partial charge in [0, 0.05) is 11.0 Å². The first-order valence-corrected chi connectivity index (χ1v) is 2.52. The fourth-order valence-electron chi connectivity index (χ4n) is 0. The van der Waals surface area contributed by atoms with E-state index in [1.807, 2.05) is 0 Å². The zero-order valence-corrected chi connectivity index (χ0v) is 4.72. The van der Waals surface area contributed by atoms with Gasteiger partial charge in [-0.15, -0.1) is 0 Å². The lowest BCUT2D eigenvalue weighted by Crippen LogP contribution is -1.87. The Bertz CT molecular complexity index is 56.9. The summed E-state index contributed by atoms with van der Waals surface area (Å²) in [7, 11) is -4.14. The van der Waals surface area contributed by atoms with Crippen molar-refractivity contribution in [2.75, 3.05) is 0 Å². The largest absolute Gasteiger partial charge is 0.397 e. The molecule has 0 aliphatic carbocycles. The van der Waals surface area contributed by atoms with Gasteiger partial charge in [-0.25, -0.2) is 10.1 Å². The molecule has 0 unspecified atom stereocenters. The van der Waals surface area contributed by atoms with Gasteiger partial charge in [-0.05, 0) is 0 Å². The molecule has 0 fully saturated rings. The van der Waals surface area contributed by atoms with Crippen molar-refractivity contribution in [2.24, 2.45) is 5.50 Å². The summed E-state index contributed by atoms with van der Waals surface area (Å²) in [5.74, 6) is 0. The minimum Gasteiger partial charge on any atom is -0.313 e. The summed E-state index contributed by atoms with van der Waals surface area (Å²) in [5, 5.41) is 0. The van der Waals surface area contributed by atoms with Crippen LogP contribution in [-0.2, 0) is 4.57 Å². The Morgan fingerprint density at radius 2 is 1.50 bits per heavy atom. The number of hydrogen-bond acceptors (Lipinski definition) is 1. The highest BCUT2D eigenvalue weighted by molar-refractivity contribution is 7.49. The third kappa shape index (κ3) is 448. The zero-order chi connectivity index (χ0) is 4.50. The Hall–Kier alpha value is 0.327. The molecule has 4 nitrogen and oxygen atoms in total. The van der Waals surface area contributed by atoms with Gasteiger partial charge in [0.15, 0.2) is 0 Å². The van der Waals surface area contributed by atoms with Crippen LogP contribution in [0.15, 0.2) is 0 Å². The third-order valence-electron chi connectivity index (χ3n) is 0. The maximum absolute atomic E-state index is 9.10. The third-order valence-corrected chi connectivity index (χ3v) is 0. The Morgan fingerprint density at radius 1 is 1.50 bits per heavy atom. The second-order valence-electron chi connectivity index (χ2n) is 0.589. The molecular weight excluding hydrogens is 121 g/mol. The molecule has 0 heterocycles. The fourth-order valence-corrected chi connectivity index (χ4v) is 0. The van der Waals surface area contributed by atoms with Crippen molar-refractivity contribution in [1.82, 2.24) is 0 Å². The molecule has 0 amide bonds.